The molecule has 0 atom stereocenters. The molecule has 0 bridgehead atoms. The molecule has 21 heavy (non-hydrogen) atoms. The normalized spacial score (nSPS) is 9.90. The van der Waals surface area contributed by atoms with E-state index in [1.807, 2.05) is 36.4 Å². The van der Waals surface area contributed by atoms with Crippen LogP contribution in [0.4, 0.5) is 5.69 Å². The van der Waals surface area contributed by atoms with Crippen molar-refractivity contribution in [3.8, 4) is 11.8 Å². The smallest absolute Gasteiger partial charge is 0.119 e. The van der Waals surface area contributed by atoms with Gasteiger partial charge in [-0.05, 0) is 36.8 Å². The zero-order valence-corrected chi connectivity index (χ0v) is 12.3. The number of nitrogens with zero attached hydrogens (tertiary/aromatic N) is 2. The van der Waals surface area contributed by atoms with Gasteiger partial charge in [0.15, 0.2) is 0 Å². The van der Waals surface area contributed by atoms with E-state index >= 15 is 0 Å². The highest BCUT2D eigenvalue weighted by Gasteiger charge is 2.06. The van der Waals surface area contributed by atoms with Crippen molar-refractivity contribution in [2.45, 2.75) is 13.3 Å². The van der Waals surface area contributed by atoms with Crippen molar-refractivity contribution < 1.29 is 4.74 Å². The molecule has 0 heterocycles. The Balaban J connectivity index is 1.95. The third-order valence-electron chi connectivity index (χ3n) is 3.23. The van der Waals surface area contributed by atoms with Gasteiger partial charge in [-0.2, -0.15) is 5.26 Å². The average molecular weight is 280 g/mol. The van der Waals surface area contributed by atoms with Gasteiger partial charge in [0.05, 0.1) is 19.0 Å². The van der Waals surface area contributed by atoms with E-state index in [9.17, 15) is 0 Å². The molecule has 3 nitrogen and oxygen atoms in total. The Morgan fingerprint density at radius 1 is 1.05 bits per heavy atom. The first-order valence-electron chi connectivity index (χ1n) is 7.16. The van der Waals surface area contributed by atoms with Gasteiger partial charge < -0.3 is 9.64 Å². The van der Waals surface area contributed by atoms with Crippen LogP contribution in [0, 0.1) is 18.3 Å². The maximum Gasteiger partial charge on any atom is 0.119 e. The summed E-state index contributed by atoms with van der Waals surface area (Å²) in [6.07, 6.45) is 0.513. The summed E-state index contributed by atoms with van der Waals surface area (Å²) in [5.41, 5.74) is 2.36. The predicted molar refractivity (Wildman–Crippen MR) is 85.6 cm³/mol. The van der Waals surface area contributed by atoms with Crippen molar-refractivity contribution in [2.24, 2.45) is 0 Å². The summed E-state index contributed by atoms with van der Waals surface area (Å²) in [6.45, 7) is 4.16. The van der Waals surface area contributed by atoms with E-state index in [1.165, 1.54) is 5.56 Å². The lowest BCUT2D eigenvalue weighted by molar-refractivity contribution is 0.324. The number of ether oxygens (including phenoxy) is 1. The molecular weight excluding hydrogens is 260 g/mol. The molecule has 0 fully saturated rings. The number of benzene rings is 2. The zero-order chi connectivity index (χ0) is 14.9. The molecule has 2 rings (SSSR count). The summed E-state index contributed by atoms with van der Waals surface area (Å²) < 4.78 is 5.74. The van der Waals surface area contributed by atoms with Gasteiger partial charge in [0, 0.05) is 12.2 Å². The van der Waals surface area contributed by atoms with Gasteiger partial charge in [0.1, 0.15) is 12.4 Å². The molecule has 3 heteroatoms. The Morgan fingerprint density at radius 2 is 1.86 bits per heavy atom. The number of rotatable bonds is 7. The Labute approximate surface area is 126 Å². The second-order valence-electron chi connectivity index (χ2n) is 4.90. The monoisotopic (exact) mass is 280 g/mol. The van der Waals surface area contributed by atoms with Crippen molar-refractivity contribution in [2.75, 3.05) is 24.6 Å². The number of nitriles is 1. The van der Waals surface area contributed by atoms with Crippen LogP contribution in [-0.2, 0) is 0 Å². The lowest BCUT2D eigenvalue weighted by Crippen LogP contribution is -2.29. The van der Waals surface area contributed by atoms with Crippen LogP contribution in [-0.4, -0.2) is 19.7 Å². The van der Waals surface area contributed by atoms with Gasteiger partial charge in [-0.3, -0.25) is 0 Å². The van der Waals surface area contributed by atoms with E-state index in [0.717, 1.165) is 24.5 Å². The first-order valence-corrected chi connectivity index (χ1v) is 7.16. The van der Waals surface area contributed by atoms with E-state index in [4.69, 9.17) is 10.00 Å². The fraction of sp³-hybridized carbons (Fsp3) is 0.278. The zero-order valence-electron chi connectivity index (χ0n) is 12.3. The topological polar surface area (TPSA) is 36.3 Å². The van der Waals surface area contributed by atoms with Crippen molar-refractivity contribution in [3.63, 3.8) is 0 Å². The van der Waals surface area contributed by atoms with E-state index in [1.54, 1.807) is 0 Å². The van der Waals surface area contributed by atoms with Crippen molar-refractivity contribution in [1.82, 2.24) is 0 Å². The molecule has 0 aromatic heterocycles. The van der Waals surface area contributed by atoms with Crippen LogP contribution >= 0.6 is 0 Å². The van der Waals surface area contributed by atoms with Gasteiger partial charge in [-0.1, -0.05) is 30.3 Å². The van der Waals surface area contributed by atoms with Crippen LogP contribution in [0.3, 0.4) is 0 Å². The molecule has 0 spiro atoms. The van der Waals surface area contributed by atoms with E-state index in [-0.39, 0.29) is 0 Å². The van der Waals surface area contributed by atoms with E-state index < -0.39 is 0 Å². The molecule has 0 aliphatic rings. The van der Waals surface area contributed by atoms with E-state index in [2.05, 4.69) is 36.1 Å². The quantitative estimate of drug-likeness (QED) is 0.774. The minimum atomic E-state index is 0.513. The summed E-state index contributed by atoms with van der Waals surface area (Å²) in [6, 6.07) is 20.3. The summed E-state index contributed by atoms with van der Waals surface area (Å²) in [7, 11) is 0. The maximum absolute atomic E-state index is 8.81. The summed E-state index contributed by atoms with van der Waals surface area (Å²) in [5.74, 6) is 0.877. The first-order chi connectivity index (χ1) is 10.3. The molecule has 0 saturated carbocycles. The maximum atomic E-state index is 8.81. The Kier molecular flexibility index (Phi) is 5.66. The number of aryl methyl sites for hydroxylation is 1. The predicted octanol–water partition coefficient (Wildman–Crippen LogP) is 3.79. The fourth-order valence-corrected chi connectivity index (χ4v) is 2.17. The lowest BCUT2D eigenvalue weighted by Gasteiger charge is -2.24. The number of hydrogen-bond acceptors (Lipinski definition) is 3. The SMILES string of the molecule is Cc1cccc(N(CCC#N)CCOc2ccccc2)c1. The highest BCUT2D eigenvalue weighted by Crippen LogP contribution is 2.16. The average Bonchev–Trinajstić information content (AvgIpc) is 2.51. The fourth-order valence-electron chi connectivity index (χ4n) is 2.17. The molecule has 0 aliphatic heterocycles. The Bertz CT molecular complexity index is 590. The second kappa shape index (κ2) is 7.96. The number of anilines is 1. The van der Waals surface area contributed by atoms with Crippen LogP contribution in [0.2, 0.25) is 0 Å². The summed E-state index contributed by atoms with van der Waals surface area (Å²) >= 11 is 0. The van der Waals surface area contributed by atoms with Crippen LogP contribution in [0.1, 0.15) is 12.0 Å². The molecule has 2 aromatic rings. The van der Waals surface area contributed by atoms with Crippen LogP contribution in [0.25, 0.3) is 0 Å². The van der Waals surface area contributed by atoms with Gasteiger partial charge in [0.25, 0.3) is 0 Å². The van der Waals surface area contributed by atoms with Crippen molar-refractivity contribution in [3.05, 3.63) is 60.2 Å². The molecule has 0 radical (unpaired) electrons. The largest absolute Gasteiger partial charge is 0.492 e. The number of para-hydroxylation sites is 1. The van der Waals surface area contributed by atoms with Gasteiger partial charge in [-0.25, -0.2) is 0 Å². The van der Waals surface area contributed by atoms with Gasteiger partial charge >= 0.3 is 0 Å². The molecular formula is C18H20N2O. The number of hydrogen-bond donors (Lipinski definition) is 0. The molecule has 0 unspecified atom stereocenters. The minimum Gasteiger partial charge on any atom is -0.492 e. The third kappa shape index (κ3) is 4.85. The van der Waals surface area contributed by atoms with Crippen molar-refractivity contribution >= 4 is 5.69 Å². The molecule has 2 aromatic carbocycles. The minimum absolute atomic E-state index is 0.513. The Morgan fingerprint density at radius 3 is 2.57 bits per heavy atom. The van der Waals surface area contributed by atoms with Crippen LogP contribution in [0.15, 0.2) is 54.6 Å². The first kappa shape index (κ1) is 14.9. The molecule has 108 valence electrons. The highest BCUT2D eigenvalue weighted by molar-refractivity contribution is 5.48. The van der Waals surface area contributed by atoms with Gasteiger partial charge in [0.2, 0.25) is 0 Å². The van der Waals surface area contributed by atoms with Crippen LogP contribution < -0.4 is 9.64 Å². The summed E-state index contributed by atoms with van der Waals surface area (Å²) in [4.78, 5) is 2.19. The van der Waals surface area contributed by atoms with E-state index in [0.29, 0.717) is 13.0 Å². The molecule has 0 N–H and O–H groups in total. The summed E-state index contributed by atoms with van der Waals surface area (Å²) in [5, 5.41) is 8.81. The molecule has 0 aliphatic carbocycles. The standard InChI is InChI=1S/C18H20N2O/c1-16-7-5-8-17(15-16)20(12-6-11-19)13-14-21-18-9-3-2-4-10-18/h2-5,7-10,15H,6,12-14H2,1H3. The second-order valence-corrected chi connectivity index (χ2v) is 4.90. The molecule has 0 saturated heterocycles. The highest BCUT2D eigenvalue weighted by atomic mass is 16.5. The Hall–Kier alpha value is -2.47. The van der Waals surface area contributed by atoms with Gasteiger partial charge in [-0.15, -0.1) is 0 Å². The molecule has 0 amide bonds. The third-order valence-corrected chi connectivity index (χ3v) is 3.23. The van der Waals surface area contributed by atoms with Crippen molar-refractivity contribution in [1.29, 1.82) is 5.26 Å². The van der Waals surface area contributed by atoms with Crippen LogP contribution in [0.5, 0.6) is 5.75 Å². The lowest BCUT2D eigenvalue weighted by atomic mass is 10.2.